The summed E-state index contributed by atoms with van der Waals surface area (Å²) in [5.74, 6) is 2.72. The number of amidine groups is 1. The van der Waals surface area contributed by atoms with E-state index in [-0.39, 0.29) is 0 Å². The Morgan fingerprint density at radius 1 is 1.60 bits per heavy atom. The van der Waals surface area contributed by atoms with Crippen LogP contribution in [-0.2, 0) is 6.54 Å². The summed E-state index contributed by atoms with van der Waals surface area (Å²) in [4.78, 5) is 8.41. The highest BCUT2D eigenvalue weighted by Gasteiger charge is 2.18. The van der Waals surface area contributed by atoms with E-state index in [0.717, 1.165) is 11.6 Å². The number of aromatic nitrogens is 1. The molecule has 15 heavy (non-hydrogen) atoms. The van der Waals surface area contributed by atoms with E-state index in [4.69, 9.17) is 10.2 Å². The second kappa shape index (κ2) is 4.47. The Balaban J connectivity index is 1.92. The fourth-order valence-corrected chi connectivity index (χ4v) is 1.98. The lowest BCUT2D eigenvalue weighted by atomic mass is 10.1. The van der Waals surface area contributed by atoms with Crippen molar-refractivity contribution in [3.8, 4) is 0 Å². The van der Waals surface area contributed by atoms with E-state index in [0.29, 0.717) is 18.4 Å². The van der Waals surface area contributed by atoms with Crippen LogP contribution in [0.5, 0.6) is 0 Å². The van der Waals surface area contributed by atoms with Gasteiger partial charge in [-0.1, -0.05) is 12.8 Å². The molecular weight excluding hydrogens is 190 g/mol. The van der Waals surface area contributed by atoms with Gasteiger partial charge in [-0.25, -0.2) is 4.98 Å². The molecule has 0 bridgehead atoms. The zero-order valence-corrected chi connectivity index (χ0v) is 9.07. The van der Waals surface area contributed by atoms with E-state index in [2.05, 4.69) is 9.98 Å². The first kappa shape index (κ1) is 10.2. The molecule has 0 aromatic carbocycles. The molecule has 0 saturated heterocycles. The van der Waals surface area contributed by atoms with Crippen LogP contribution in [0.25, 0.3) is 0 Å². The Morgan fingerprint density at radius 3 is 2.93 bits per heavy atom. The van der Waals surface area contributed by atoms with E-state index >= 15 is 0 Å². The van der Waals surface area contributed by atoms with Gasteiger partial charge in [-0.05, 0) is 19.8 Å². The second-order valence-corrected chi connectivity index (χ2v) is 4.09. The molecule has 1 heterocycles. The van der Waals surface area contributed by atoms with Gasteiger partial charge < -0.3 is 10.2 Å². The van der Waals surface area contributed by atoms with Crippen LogP contribution in [0.1, 0.15) is 37.3 Å². The van der Waals surface area contributed by atoms with Crippen molar-refractivity contribution in [2.75, 3.05) is 0 Å². The summed E-state index contributed by atoms with van der Waals surface area (Å²) in [6.45, 7) is 2.34. The lowest BCUT2D eigenvalue weighted by Gasteiger charge is -2.06. The maximum absolute atomic E-state index is 5.91. The van der Waals surface area contributed by atoms with Gasteiger partial charge >= 0.3 is 0 Å². The van der Waals surface area contributed by atoms with Crippen molar-refractivity contribution in [2.45, 2.75) is 39.2 Å². The molecule has 1 aromatic rings. The molecule has 82 valence electrons. The normalized spacial score (nSPS) is 18.6. The van der Waals surface area contributed by atoms with Gasteiger partial charge in [0.25, 0.3) is 0 Å². The summed E-state index contributed by atoms with van der Waals surface area (Å²) in [6.07, 6.45) is 6.62. The highest BCUT2D eigenvalue weighted by Crippen LogP contribution is 2.24. The van der Waals surface area contributed by atoms with Gasteiger partial charge in [-0.15, -0.1) is 0 Å². The van der Waals surface area contributed by atoms with Crippen molar-refractivity contribution in [1.82, 2.24) is 4.98 Å². The molecule has 1 saturated carbocycles. The summed E-state index contributed by atoms with van der Waals surface area (Å²) >= 11 is 0. The van der Waals surface area contributed by atoms with Crippen molar-refractivity contribution >= 4 is 5.84 Å². The Kier molecular flexibility index (Phi) is 3.04. The fraction of sp³-hybridized carbons (Fsp3) is 0.636. The Morgan fingerprint density at radius 2 is 2.33 bits per heavy atom. The van der Waals surface area contributed by atoms with E-state index < -0.39 is 0 Å². The minimum Gasteiger partial charge on any atom is -0.444 e. The second-order valence-electron chi connectivity index (χ2n) is 4.09. The Labute approximate surface area is 89.6 Å². The molecule has 1 aliphatic rings. The van der Waals surface area contributed by atoms with Crippen LogP contribution in [0.15, 0.2) is 15.6 Å². The van der Waals surface area contributed by atoms with Crippen molar-refractivity contribution < 1.29 is 4.42 Å². The molecule has 2 rings (SSSR count). The molecule has 1 aliphatic carbocycles. The van der Waals surface area contributed by atoms with Gasteiger partial charge in [0.2, 0.25) is 5.89 Å². The number of hydrogen-bond donors (Lipinski definition) is 1. The quantitative estimate of drug-likeness (QED) is 0.609. The number of aliphatic imine (C=N–C) groups is 1. The maximum Gasteiger partial charge on any atom is 0.216 e. The molecule has 1 fully saturated rings. The van der Waals surface area contributed by atoms with Gasteiger partial charge in [0.05, 0.1) is 12.0 Å². The number of hydrogen-bond acceptors (Lipinski definition) is 3. The Hall–Kier alpha value is -1.32. The molecule has 0 radical (unpaired) electrons. The van der Waals surface area contributed by atoms with E-state index in [9.17, 15) is 0 Å². The summed E-state index contributed by atoms with van der Waals surface area (Å²) in [7, 11) is 0. The molecule has 0 amide bonds. The van der Waals surface area contributed by atoms with Gasteiger partial charge in [-0.2, -0.15) is 0 Å². The largest absolute Gasteiger partial charge is 0.444 e. The molecule has 4 heteroatoms. The fourth-order valence-electron chi connectivity index (χ4n) is 1.98. The van der Waals surface area contributed by atoms with Crippen LogP contribution in [0, 0.1) is 12.8 Å². The molecule has 0 aliphatic heterocycles. The summed E-state index contributed by atoms with van der Waals surface area (Å²) < 4.78 is 5.32. The molecule has 2 N–H and O–H groups in total. The van der Waals surface area contributed by atoms with E-state index in [1.165, 1.54) is 25.7 Å². The number of nitrogens with two attached hydrogens (primary N) is 1. The zero-order valence-electron chi connectivity index (χ0n) is 9.07. The number of nitrogens with zero attached hydrogens (tertiary/aromatic N) is 2. The third-order valence-corrected chi connectivity index (χ3v) is 2.84. The molecule has 1 aromatic heterocycles. The molecule has 4 nitrogen and oxygen atoms in total. The third-order valence-electron chi connectivity index (χ3n) is 2.84. The van der Waals surface area contributed by atoms with Crippen LogP contribution >= 0.6 is 0 Å². The minimum atomic E-state index is 0.468. The van der Waals surface area contributed by atoms with Crippen LogP contribution < -0.4 is 5.73 Å². The van der Waals surface area contributed by atoms with Gasteiger partial charge in [0.15, 0.2) is 0 Å². The predicted molar refractivity (Wildman–Crippen MR) is 58.5 cm³/mol. The SMILES string of the molecule is Cc1cnc(CN=C(N)C2CCCC2)o1. The maximum atomic E-state index is 5.91. The number of aryl methyl sites for hydroxylation is 1. The average Bonchev–Trinajstić information content (AvgIpc) is 2.84. The lowest BCUT2D eigenvalue weighted by Crippen LogP contribution is -2.21. The monoisotopic (exact) mass is 207 g/mol. The number of oxazole rings is 1. The predicted octanol–water partition coefficient (Wildman–Crippen LogP) is 2.03. The van der Waals surface area contributed by atoms with Crippen molar-refractivity contribution in [3.05, 3.63) is 17.8 Å². The lowest BCUT2D eigenvalue weighted by molar-refractivity contribution is 0.473. The van der Waals surface area contributed by atoms with Gasteiger partial charge in [0.1, 0.15) is 12.3 Å². The van der Waals surface area contributed by atoms with Crippen LogP contribution in [0.4, 0.5) is 0 Å². The van der Waals surface area contributed by atoms with Crippen LogP contribution in [-0.4, -0.2) is 10.8 Å². The topological polar surface area (TPSA) is 64.4 Å². The van der Waals surface area contributed by atoms with E-state index in [1.54, 1.807) is 6.20 Å². The van der Waals surface area contributed by atoms with Crippen LogP contribution in [0.3, 0.4) is 0 Å². The van der Waals surface area contributed by atoms with Crippen molar-refractivity contribution in [2.24, 2.45) is 16.6 Å². The molecule has 0 atom stereocenters. The zero-order chi connectivity index (χ0) is 10.7. The Bertz CT molecular complexity index is 350. The summed E-state index contributed by atoms with van der Waals surface area (Å²) in [5, 5.41) is 0. The molecular formula is C11H17N3O. The average molecular weight is 207 g/mol. The molecule has 0 unspecified atom stereocenters. The molecule has 0 spiro atoms. The van der Waals surface area contributed by atoms with Gasteiger partial charge in [-0.3, -0.25) is 4.99 Å². The first-order chi connectivity index (χ1) is 7.25. The summed E-state index contributed by atoms with van der Waals surface area (Å²) in [5.41, 5.74) is 5.91. The standard InChI is InChI=1S/C11H17N3O/c1-8-6-13-10(15-8)7-14-11(12)9-4-2-3-5-9/h6,9H,2-5,7H2,1H3,(H2,12,14). The minimum absolute atomic E-state index is 0.468. The highest BCUT2D eigenvalue weighted by molar-refractivity contribution is 5.82. The first-order valence-corrected chi connectivity index (χ1v) is 5.47. The number of rotatable bonds is 3. The third kappa shape index (κ3) is 2.58. The smallest absolute Gasteiger partial charge is 0.216 e. The van der Waals surface area contributed by atoms with E-state index in [1.807, 2.05) is 6.92 Å². The van der Waals surface area contributed by atoms with Crippen molar-refractivity contribution in [1.29, 1.82) is 0 Å². The summed E-state index contributed by atoms with van der Waals surface area (Å²) in [6, 6.07) is 0. The van der Waals surface area contributed by atoms with Gasteiger partial charge in [0, 0.05) is 5.92 Å². The highest BCUT2D eigenvalue weighted by atomic mass is 16.4. The van der Waals surface area contributed by atoms with Crippen LogP contribution in [0.2, 0.25) is 0 Å². The van der Waals surface area contributed by atoms with Crippen molar-refractivity contribution in [3.63, 3.8) is 0 Å². The first-order valence-electron chi connectivity index (χ1n) is 5.47.